The van der Waals surface area contributed by atoms with E-state index in [9.17, 15) is 23.3 Å². The van der Waals surface area contributed by atoms with E-state index in [-0.39, 0.29) is 22.2 Å². The first-order chi connectivity index (χ1) is 15.6. The molecule has 0 fully saturated rings. The van der Waals surface area contributed by atoms with E-state index >= 15 is 0 Å². The Morgan fingerprint density at radius 1 is 1.09 bits per heavy atom. The highest BCUT2D eigenvalue weighted by molar-refractivity contribution is 7.92. The molecule has 0 aliphatic carbocycles. The van der Waals surface area contributed by atoms with Gasteiger partial charge in [-0.1, -0.05) is 24.3 Å². The highest BCUT2D eigenvalue weighted by Gasteiger charge is 2.20. The Bertz CT molecular complexity index is 1290. The normalized spacial score (nSPS) is 11.0. The maximum atomic E-state index is 12.8. The zero-order valence-corrected chi connectivity index (χ0v) is 19.1. The maximum Gasteiger partial charge on any atom is 0.273 e. The van der Waals surface area contributed by atoms with E-state index in [1.165, 1.54) is 48.2 Å². The van der Waals surface area contributed by atoms with Crippen molar-refractivity contribution in [3.8, 4) is 5.75 Å². The fraction of sp³-hybridized carbons (Fsp3) is 0.174. The lowest BCUT2D eigenvalue weighted by atomic mass is 10.1. The van der Waals surface area contributed by atoms with Crippen LogP contribution in [-0.4, -0.2) is 38.3 Å². The Morgan fingerprint density at radius 2 is 1.76 bits per heavy atom. The number of nitrogens with zero attached hydrogens (tertiary/aromatic N) is 2. The smallest absolute Gasteiger partial charge is 0.273 e. The number of hydrogen-bond donors (Lipinski definition) is 1. The van der Waals surface area contributed by atoms with Crippen molar-refractivity contribution in [3.05, 3.63) is 93.5 Å². The molecule has 33 heavy (non-hydrogen) atoms. The van der Waals surface area contributed by atoms with Crippen LogP contribution in [0.3, 0.4) is 0 Å². The Balaban J connectivity index is 1.74. The van der Waals surface area contributed by atoms with Crippen LogP contribution in [0.15, 0.2) is 71.6 Å². The third kappa shape index (κ3) is 5.47. The first-order valence-corrected chi connectivity index (χ1v) is 11.4. The molecule has 0 spiro atoms. The van der Waals surface area contributed by atoms with Gasteiger partial charge < -0.3 is 9.64 Å². The summed E-state index contributed by atoms with van der Waals surface area (Å²) in [5.74, 6) is 0.433. The van der Waals surface area contributed by atoms with Crippen molar-refractivity contribution in [2.24, 2.45) is 0 Å². The lowest BCUT2D eigenvalue weighted by Crippen LogP contribution is -2.26. The van der Waals surface area contributed by atoms with E-state index in [1.54, 1.807) is 14.2 Å². The molecule has 0 heterocycles. The van der Waals surface area contributed by atoms with Crippen molar-refractivity contribution in [2.45, 2.75) is 18.4 Å². The Morgan fingerprint density at radius 3 is 2.39 bits per heavy atom. The molecule has 3 rings (SSSR count). The molecule has 0 radical (unpaired) electrons. The van der Waals surface area contributed by atoms with Gasteiger partial charge in [0.2, 0.25) is 0 Å². The molecular formula is C23H23N3O6S. The molecular weight excluding hydrogens is 446 g/mol. The average Bonchev–Trinajstić information content (AvgIpc) is 2.79. The average molecular weight is 470 g/mol. The fourth-order valence-electron chi connectivity index (χ4n) is 3.23. The number of para-hydroxylation sites is 1. The van der Waals surface area contributed by atoms with Crippen LogP contribution in [0.25, 0.3) is 0 Å². The number of aryl methyl sites for hydroxylation is 1. The topological polar surface area (TPSA) is 119 Å². The van der Waals surface area contributed by atoms with Gasteiger partial charge in [-0.3, -0.25) is 19.6 Å². The van der Waals surface area contributed by atoms with Gasteiger partial charge in [0.1, 0.15) is 5.75 Å². The fourth-order valence-corrected chi connectivity index (χ4v) is 4.31. The van der Waals surface area contributed by atoms with Gasteiger partial charge in [-0.2, -0.15) is 0 Å². The van der Waals surface area contributed by atoms with Gasteiger partial charge in [-0.05, 0) is 43.3 Å². The molecule has 3 aromatic carbocycles. The molecule has 0 aromatic heterocycles. The number of nitro benzene ring substituents is 1. The highest BCUT2D eigenvalue weighted by atomic mass is 32.2. The van der Waals surface area contributed by atoms with Crippen LogP contribution >= 0.6 is 0 Å². The third-order valence-electron chi connectivity index (χ3n) is 5.02. The van der Waals surface area contributed by atoms with E-state index in [1.807, 2.05) is 24.3 Å². The second kappa shape index (κ2) is 9.70. The molecule has 1 amide bonds. The molecule has 1 N–H and O–H groups in total. The minimum Gasteiger partial charge on any atom is -0.496 e. The van der Waals surface area contributed by atoms with E-state index in [4.69, 9.17) is 4.74 Å². The quantitative estimate of drug-likeness (QED) is 0.394. The number of amides is 1. The molecule has 172 valence electrons. The second-order valence-corrected chi connectivity index (χ2v) is 9.04. The molecule has 0 atom stereocenters. The van der Waals surface area contributed by atoms with Crippen LogP contribution in [0, 0.1) is 17.0 Å². The number of anilines is 1. The summed E-state index contributed by atoms with van der Waals surface area (Å²) >= 11 is 0. The van der Waals surface area contributed by atoms with Crippen LogP contribution in [0.5, 0.6) is 5.75 Å². The van der Waals surface area contributed by atoms with Gasteiger partial charge in [0.15, 0.2) is 0 Å². The first-order valence-electron chi connectivity index (χ1n) is 9.87. The molecule has 0 aliphatic heterocycles. The van der Waals surface area contributed by atoms with E-state index in [0.717, 1.165) is 11.6 Å². The van der Waals surface area contributed by atoms with Gasteiger partial charge in [0.05, 0.1) is 16.9 Å². The molecule has 0 aliphatic rings. The Labute approximate surface area is 191 Å². The summed E-state index contributed by atoms with van der Waals surface area (Å²) in [6.45, 7) is 1.87. The van der Waals surface area contributed by atoms with E-state index < -0.39 is 14.9 Å². The van der Waals surface area contributed by atoms with E-state index in [2.05, 4.69) is 4.72 Å². The molecule has 9 nitrogen and oxygen atoms in total. The van der Waals surface area contributed by atoms with Crippen LogP contribution in [0.4, 0.5) is 11.4 Å². The van der Waals surface area contributed by atoms with Gasteiger partial charge in [0.25, 0.3) is 21.6 Å². The van der Waals surface area contributed by atoms with Crippen LogP contribution < -0.4 is 9.46 Å². The third-order valence-corrected chi connectivity index (χ3v) is 6.40. The lowest BCUT2D eigenvalue weighted by Gasteiger charge is -2.19. The predicted molar refractivity (Wildman–Crippen MR) is 124 cm³/mol. The molecule has 3 aromatic rings. The van der Waals surface area contributed by atoms with Crippen LogP contribution in [0.2, 0.25) is 0 Å². The molecule has 0 bridgehead atoms. The van der Waals surface area contributed by atoms with Crippen molar-refractivity contribution < 1.29 is 22.9 Å². The number of carbonyl (C=O) groups is 1. The zero-order chi connectivity index (χ0) is 24.2. The number of nitrogens with one attached hydrogen (secondary N) is 1. The van der Waals surface area contributed by atoms with Gasteiger partial charge in [0, 0.05) is 42.0 Å². The predicted octanol–water partition coefficient (Wildman–Crippen LogP) is 3.98. The summed E-state index contributed by atoms with van der Waals surface area (Å²) in [7, 11) is -0.821. The first kappa shape index (κ1) is 23.7. The summed E-state index contributed by atoms with van der Waals surface area (Å²) in [5.41, 5.74) is 1.53. The number of methoxy groups -OCH3 is 1. The van der Waals surface area contributed by atoms with Gasteiger partial charge in [-0.25, -0.2) is 8.42 Å². The number of nitro groups is 1. The molecule has 0 unspecified atom stereocenters. The molecule has 0 saturated carbocycles. The molecule has 0 saturated heterocycles. The molecule has 10 heteroatoms. The summed E-state index contributed by atoms with van der Waals surface area (Å²) in [6.07, 6.45) is 0. The summed E-state index contributed by atoms with van der Waals surface area (Å²) in [4.78, 5) is 24.6. The number of ether oxygens (including phenoxy) is 1. The van der Waals surface area contributed by atoms with Crippen LogP contribution in [-0.2, 0) is 16.6 Å². The van der Waals surface area contributed by atoms with Crippen molar-refractivity contribution in [1.29, 1.82) is 0 Å². The summed E-state index contributed by atoms with van der Waals surface area (Å²) in [5, 5.41) is 11.1. The van der Waals surface area contributed by atoms with Crippen molar-refractivity contribution in [3.63, 3.8) is 0 Å². The van der Waals surface area contributed by atoms with Gasteiger partial charge >= 0.3 is 0 Å². The highest BCUT2D eigenvalue weighted by Crippen LogP contribution is 2.24. The lowest BCUT2D eigenvalue weighted by molar-refractivity contribution is -0.385. The summed E-state index contributed by atoms with van der Waals surface area (Å²) in [6, 6.07) is 17.0. The number of benzene rings is 3. The largest absolute Gasteiger partial charge is 0.496 e. The van der Waals surface area contributed by atoms with E-state index in [0.29, 0.717) is 23.4 Å². The zero-order valence-electron chi connectivity index (χ0n) is 18.3. The minimum absolute atomic E-state index is 0.224. The van der Waals surface area contributed by atoms with Crippen LogP contribution in [0.1, 0.15) is 21.5 Å². The van der Waals surface area contributed by atoms with Crippen molar-refractivity contribution >= 4 is 27.3 Å². The number of rotatable bonds is 8. The SMILES string of the molecule is COc1ccccc1CN(C)C(=O)c1ccc(NS(=O)(=O)c2ccc(C)c([N+](=O)[O-])c2)cc1. The number of sulfonamides is 1. The second-order valence-electron chi connectivity index (χ2n) is 7.36. The minimum atomic E-state index is -4.05. The standard InChI is InChI=1S/C23H23N3O6S/c1-16-8-13-20(14-21(16)26(28)29)33(30,31)24-19-11-9-17(10-12-19)23(27)25(2)15-18-6-4-5-7-22(18)32-3/h4-14,24H,15H2,1-3H3. The number of hydrogen-bond acceptors (Lipinski definition) is 6. The monoisotopic (exact) mass is 469 g/mol. The Hall–Kier alpha value is -3.92. The van der Waals surface area contributed by atoms with Crippen molar-refractivity contribution in [2.75, 3.05) is 18.9 Å². The maximum absolute atomic E-state index is 12.8. The summed E-state index contributed by atoms with van der Waals surface area (Å²) < 4.78 is 33.0. The number of carbonyl (C=O) groups excluding carboxylic acids is 1. The Kier molecular flexibility index (Phi) is 6.98. The van der Waals surface area contributed by atoms with Gasteiger partial charge in [-0.15, -0.1) is 0 Å². The van der Waals surface area contributed by atoms with Crippen molar-refractivity contribution in [1.82, 2.24) is 4.90 Å².